The highest BCUT2D eigenvalue weighted by atomic mass is 16.2. The Balaban J connectivity index is 2.39. The van der Waals surface area contributed by atoms with Crippen LogP contribution in [0.5, 0.6) is 0 Å². The summed E-state index contributed by atoms with van der Waals surface area (Å²) in [6.07, 6.45) is 1.02. The molecule has 5 nitrogen and oxygen atoms in total. The van der Waals surface area contributed by atoms with Crippen LogP contribution in [-0.2, 0) is 22.6 Å². The lowest BCUT2D eigenvalue weighted by Gasteiger charge is -2.16. The molecule has 0 aliphatic heterocycles. The largest absolute Gasteiger partial charge is 0.293 e. The van der Waals surface area contributed by atoms with Gasteiger partial charge in [0, 0.05) is 13.5 Å². The minimum Gasteiger partial charge on any atom is -0.293 e. The molecule has 0 heterocycles. The van der Waals surface area contributed by atoms with Crippen LogP contribution in [0.4, 0.5) is 0 Å². The molecule has 0 radical (unpaired) electrons. The maximum Gasteiger partial charge on any atom is 0.252 e. The Morgan fingerprint density at radius 2 is 1.68 bits per heavy atom. The molecule has 0 saturated heterocycles. The van der Waals surface area contributed by atoms with Crippen LogP contribution in [0.1, 0.15) is 25.0 Å². The van der Waals surface area contributed by atoms with Gasteiger partial charge in [-0.3, -0.25) is 25.3 Å². The van der Waals surface area contributed by atoms with E-state index in [0.29, 0.717) is 6.54 Å². The first-order valence-corrected chi connectivity index (χ1v) is 6.33. The summed E-state index contributed by atoms with van der Waals surface area (Å²) >= 11 is 0. The molecule has 1 aromatic carbocycles. The van der Waals surface area contributed by atoms with Crippen molar-refractivity contribution in [3.05, 3.63) is 35.4 Å². The van der Waals surface area contributed by atoms with Crippen LogP contribution in [0.15, 0.2) is 24.3 Å². The van der Waals surface area contributed by atoms with Crippen molar-refractivity contribution in [2.75, 3.05) is 13.6 Å². The lowest BCUT2D eigenvalue weighted by atomic mass is 10.1. The van der Waals surface area contributed by atoms with Crippen molar-refractivity contribution < 1.29 is 9.59 Å². The van der Waals surface area contributed by atoms with Gasteiger partial charge in [-0.25, -0.2) is 0 Å². The van der Waals surface area contributed by atoms with Gasteiger partial charge in [0.25, 0.3) is 5.91 Å². The summed E-state index contributed by atoms with van der Waals surface area (Å²) in [6.45, 7) is 4.39. The number of nitrogens with one attached hydrogen (secondary N) is 2. The minimum atomic E-state index is -0.286. The number of nitrogens with zero attached hydrogens (tertiary/aromatic N) is 1. The Morgan fingerprint density at radius 1 is 1.11 bits per heavy atom. The van der Waals surface area contributed by atoms with Crippen molar-refractivity contribution in [2.24, 2.45) is 0 Å². The molecule has 0 aliphatic carbocycles. The summed E-state index contributed by atoms with van der Waals surface area (Å²) in [7, 11) is 1.86. The van der Waals surface area contributed by atoms with E-state index in [1.807, 2.05) is 11.9 Å². The van der Waals surface area contributed by atoms with Gasteiger partial charge in [0.2, 0.25) is 5.91 Å². The third-order valence-corrected chi connectivity index (χ3v) is 2.68. The number of likely N-dealkylation sites (N-methyl/N-ethyl adjacent to an activating group) is 1. The zero-order chi connectivity index (χ0) is 14.3. The summed E-state index contributed by atoms with van der Waals surface area (Å²) in [5, 5.41) is 0. The summed E-state index contributed by atoms with van der Waals surface area (Å²) < 4.78 is 0. The van der Waals surface area contributed by atoms with Crippen molar-refractivity contribution in [2.45, 2.75) is 26.8 Å². The molecule has 0 aromatic heterocycles. The van der Waals surface area contributed by atoms with Gasteiger partial charge in [-0.15, -0.1) is 0 Å². The van der Waals surface area contributed by atoms with Gasteiger partial charge in [-0.2, -0.15) is 0 Å². The lowest BCUT2D eigenvalue weighted by molar-refractivity contribution is -0.128. The number of carbonyl (C=O) groups excluding carboxylic acids is 2. The van der Waals surface area contributed by atoms with Crippen LogP contribution < -0.4 is 10.9 Å². The predicted octanol–water partition coefficient (Wildman–Crippen LogP) is 0.848. The Labute approximate surface area is 114 Å². The summed E-state index contributed by atoms with van der Waals surface area (Å²) in [5.41, 5.74) is 7.06. The van der Waals surface area contributed by atoms with Gasteiger partial charge in [0.05, 0.1) is 6.54 Å². The van der Waals surface area contributed by atoms with Crippen LogP contribution in [-0.4, -0.2) is 30.3 Å². The van der Waals surface area contributed by atoms with Gasteiger partial charge >= 0.3 is 0 Å². The van der Waals surface area contributed by atoms with Gasteiger partial charge < -0.3 is 0 Å². The Morgan fingerprint density at radius 3 is 2.21 bits per heavy atom. The maximum atomic E-state index is 11.5. The number of hydrogen-bond donors (Lipinski definition) is 2. The number of hydrogen-bond acceptors (Lipinski definition) is 3. The van der Waals surface area contributed by atoms with E-state index in [2.05, 4.69) is 42.0 Å². The van der Waals surface area contributed by atoms with Crippen LogP contribution in [0.25, 0.3) is 0 Å². The fraction of sp³-hybridized carbons (Fsp3) is 0.429. The van der Waals surface area contributed by atoms with E-state index >= 15 is 0 Å². The molecule has 19 heavy (non-hydrogen) atoms. The van der Waals surface area contributed by atoms with Crippen molar-refractivity contribution in [1.82, 2.24) is 15.8 Å². The normalized spacial score (nSPS) is 10.3. The Kier molecular flexibility index (Phi) is 6.02. The highest BCUT2D eigenvalue weighted by molar-refractivity contribution is 5.81. The first-order valence-electron chi connectivity index (χ1n) is 6.33. The van der Waals surface area contributed by atoms with Crippen LogP contribution in [0.2, 0.25) is 0 Å². The first-order chi connectivity index (χ1) is 9.01. The van der Waals surface area contributed by atoms with Gasteiger partial charge in [-0.05, 0) is 24.6 Å². The van der Waals surface area contributed by atoms with Crippen molar-refractivity contribution in [1.29, 1.82) is 0 Å². The summed E-state index contributed by atoms with van der Waals surface area (Å²) in [5.74, 6) is -0.519. The molecular formula is C14H21N3O2. The quantitative estimate of drug-likeness (QED) is 0.774. The predicted molar refractivity (Wildman–Crippen MR) is 74.1 cm³/mol. The number of benzene rings is 1. The molecule has 5 heteroatoms. The van der Waals surface area contributed by atoms with E-state index in [-0.39, 0.29) is 18.4 Å². The molecule has 0 unspecified atom stereocenters. The van der Waals surface area contributed by atoms with E-state index in [9.17, 15) is 9.59 Å². The lowest BCUT2D eigenvalue weighted by Crippen LogP contribution is -2.44. The van der Waals surface area contributed by atoms with Gasteiger partial charge in [0.15, 0.2) is 0 Å². The molecule has 2 amide bonds. The van der Waals surface area contributed by atoms with Gasteiger partial charge in [0.1, 0.15) is 0 Å². The topological polar surface area (TPSA) is 61.4 Å². The van der Waals surface area contributed by atoms with E-state index in [1.54, 1.807) is 0 Å². The third kappa shape index (κ3) is 6.01. The first kappa shape index (κ1) is 15.2. The average molecular weight is 263 g/mol. The van der Waals surface area contributed by atoms with E-state index in [0.717, 1.165) is 12.0 Å². The molecule has 1 aromatic rings. The van der Waals surface area contributed by atoms with Gasteiger partial charge in [-0.1, -0.05) is 31.2 Å². The number of hydrazine groups is 1. The molecule has 0 spiro atoms. The zero-order valence-corrected chi connectivity index (χ0v) is 11.7. The standard InChI is InChI=1S/C14H21N3O2/c1-4-12-5-7-13(8-6-12)9-17(3)10-14(19)16-15-11(2)18/h5-8H,4,9-10H2,1-3H3,(H,15,18)(H,16,19). The van der Waals surface area contributed by atoms with E-state index in [4.69, 9.17) is 0 Å². The molecule has 1 rings (SSSR count). The molecule has 104 valence electrons. The summed E-state index contributed by atoms with van der Waals surface area (Å²) in [6, 6.07) is 8.34. The molecule has 0 bridgehead atoms. The number of aryl methyl sites for hydroxylation is 1. The number of rotatable bonds is 5. The molecule has 0 aliphatic rings. The van der Waals surface area contributed by atoms with Crippen molar-refractivity contribution in [3.63, 3.8) is 0 Å². The van der Waals surface area contributed by atoms with Crippen molar-refractivity contribution in [3.8, 4) is 0 Å². The fourth-order valence-electron chi connectivity index (χ4n) is 1.69. The van der Waals surface area contributed by atoms with Crippen LogP contribution >= 0.6 is 0 Å². The fourth-order valence-corrected chi connectivity index (χ4v) is 1.69. The smallest absolute Gasteiger partial charge is 0.252 e. The molecule has 0 atom stereocenters. The SMILES string of the molecule is CCc1ccc(CN(C)CC(=O)NNC(C)=O)cc1. The third-order valence-electron chi connectivity index (χ3n) is 2.68. The second-order valence-electron chi connectivity index (χ2n) is 4.57. The zero-order valence-electron chi connectivity index (χ0n) is 11.7. The molecular weight excluding hydrogens is 242 g/mol. The number of carbonyl (C=O) groups is 2. The second-order valence-corrected chi connectivity index (χ2v) is 4.57. The highest BCUT2D eigenvalue weighted by Crippen LogP contribution is 2.07. The Bertz CT molecular complexity index is 429. The van der Waals surface area contributed by atoms with Crippen molar-refractivity contribution >= 4 is 11.8 Å². The number of amides is 2. The highest BCUT2D eigenvalue weighted by Gasteiger charge is 2.07. The minimum absolute atomic E-state index is 0.232. The van der Waals surface area contributed by atoms with E-state index < -0.39 is 0 Å². The maximum absolute atomic E-state index is 11.5. The second kappa shape index (κ2) is 7.53. The average Bonchev–Trinajstić information content (AvgIpc) is 2.37. The van der Waals surface area contributed by atoms with E-state index in [1.165, 1.54) is 12.5 Å². The molecule has 0 fully saturated rings. The summed E-state index contributed by atoms with van der Waals surface area (Å²) in [4.78, 5) is 24.0. The van der Waals surface area contributed by atoms with Crippen LogP contribution in [0.3, 0.4) is 0 Å². The monoisotopic (exact) mass is 263 g/mol. The molecule has 2 N–H and O–H groups in total. The Hall–Kier alpha value is -1.88. The molecule has 0 saturated carbocycles. The van der Waals surface area contributed by atoms with Crippen LogP contribution in [0, 0.1) is 0 Å².